The number of hydrogen-bond acceptors (Lipinski definition) is 11. The molecular formula is C31H42N6O6. The normalized spacial score (nSPS) is 13.8. The van der Waals surface area contributed by atoms with Gasteiger partial charge in [-0.1, -0.05) is 0 Å². The van der Waals surface area contributed by atoms with Crippen LogP contribution in [0.4, 0.5) is 22.2 Å². The minimum absolute atomic E-state index is 0.227. The molecule has 0 saturated carbocycles. The third-order valence-corrected chi connectivity index (χ3v) is 7.26. The Morgan fingerprint density at radius 1 is 0.930 bits per heavy atom. The van der Waals surface area contributed by atoms with Gasteiger partial charge in [0.25, 0.3) is 0 Å². The number of nitrogens with one attached hydrogen (secondary N) is 1. The van der Waals surface area contributed by atoms with Crippen molar-refractivity contribution in [2.24, 2.45) is 0 Å². The van der Waals surface area contributed by atoms with Crippen LogP contribution in [-0.4, -0.2) is 99.6 Å². The topological polar surface area (TPSA) is 111 Å². The number of carbonyl (C=O) groups is 1. The Hall–Kier alpha value is -4.29. The van der Waals surface area contributed by atoms with Gasteiger partial charge in [-0.15, -0.1) is 0 Å². The molecule has 4 rings (SSSR count). The summed E-state index contributed by atoms with van der Waals surface area (Å²) in [6.07, 6.45) is 1.83. The summed E-state index contributed by atoms with van der Waals surface area (Å²) in [5, 5.41) is 3.16. The van der Waals surface area contributed by atoms with Gasteiger partial charge in [0.2, 0.25) is 5.95 Å². The van der Waals surface area contributed by atoms with E-state index in [1.807, 2.05) is 18.2 Å². The molecule has 2 heterocycles. The fourth-order valence-electron chi connectivity index (χ4n) is 4.68. The lowest BCUT2D eigenvalue weighted by atomic mass is 10.2. The summed E-state index contributed by atoms with van der Waals surface area (Å²) < 4.78 is 27.7. The summed E-state index contributed by atoms with van der Waals surface area (Å²) in [4.78, 5) is 27.9. The van der Waals surface area contributed by atoms with Crippen molar-refractivity contribution in [2.45, 2.75) is 26.3 Å². The molecule has 1 amide bonds. The molecule has 1 aliphatic heterocycles. The first-order valence-electron chi connectivity index (χ1n) is 14.4. The number of rotatable bonds is 13. The van der Waals surface area contributed by atoms with Gasteiger partial charge in [-0.2, -0.15) is 4.98 Å². The van der Waals surface area contributed by atoms with Crippen molar-refractivity contribution in [3.63, 3.8) is 0 Å². The van der Waals surface area contributed by atoms with Gasteiger partial charge < -0.3 is 33.9 Å². The molecule has 1 saturated heterocycles. The lowest BCUT2D eigenvalue weighted by Gasteiger charge is -2.36. The number of carbonyl (C=O) groups excluding carboxylic acids is 1. The molecule has 1 N–H and O–H groups in total. The Kier molecular flexibility index (Phi) is 11.2. The predicted octanol–water partition coefficient (Wildman–Crippen LogP) is 4.68. The second kappa shape index (κ2) is 15.3. The van der Waals surface area contributed by atoms with Crippen molar-refractivity contribution < 1.29 is 28.5 Å². The zero-order valence-electron chi connectivity index (χ0n) is 25.8. The largest absolute Gasteiger partial charge is 0.497 e. The molecule has 232 valence electrons. The van der Waals surface area contributed by atoms with Gasteiger partial charge >= 0.3 is 6.09 Å². The van der Waals surface area contributed by atoms with Crippen molar-refractivity contribution in [3.8, 4) is 28.7 Å². The van der Waals surface area contributed by atoms with E-state index < -0.39 is 6.09 Å². The highest BCUT2D eigenvalue weighted by atomic mass is 16.6. The standard InChI is InChI=1S/C31H42N6O6/c1-22(2)37-17-15-36(16-18-37)14-7-19-42-26-10-8-23(20-27(26)41-6)33-30-32-13-12-29(34-30)35(3)31(38)43-28-21-24(39-4)9-11-25(28)40-5/h8-13,20-22H,7,14-19H2,1-6H3,(H,32,33,34). The van der Waals surface area contributed by atoms with E-state index in [9.17, 15) is 4.79 Å². The van der Waals surface area contributed by atoms with Crippen LogP contribution in [-0.2, 0) is 0 Å². The van der Waals surface area contributed by atoms with E-state index in [-0.39, 0.29) is 5.75 Å². The van der Waals surface area contributed by atoms with Crippen LogP contribution in [0, 0.1) is 0 Å². The molecule has 1 aromatic heterocycles. The van der Waals surface area contributed by atoms with Crippen molar-refractivity contribution in [3.05, 3.63) is 48.7 Å². The molecule has 0 spiro atoms. The third kappa shape index (κ3) is 8.62. The average molecular weight is 595 g/mol. The highest BCUT2D eigenvalue weighted by molar-refractivity contribution is 5.88. The molecular weight excluding hydrogens is 552 g/mol. The molecule has 12 heteroatoms. The minimum Gasteiger partial charge on any atom is -0.497 e. The molecule has 0 bridgehead atoms. The average Bonchev–Trinajstić information content (AvgIpc) is 3.03. The van der Waals surface area contributed by atoms with Gasteiger partial charge in [0.15, 0.2) is 23.0 Å². The van der Waals surface area contributed by atoms with Gasteiger partial charge in [-0.05, 0) is 50.6 Å². The first-order valence-corrected chi connectivity index (χ1v) is 14.4. The molecule has 0 unspecified atom stereocenters. The fourth-order valence-corrected chi connectivity index (χ4v) is 4.68. The van der Waals surface area contributed by atoms with Gasteiger partial charge in [0, 0.05) is 69.8 Å². The summed E-state index contributed by atoms with van der Waals surface area (Å²) in [6.45, 7) is 10.5. The highest BCUT2D eigenvalue weighted by Gasteiger charge is 2.20. The van der Waals surface area contributed by atoms with Gasteiger partial charge in [0.05, 0.1) is 27.9 Å². The molecule has 2 aromatic carbocycles. The molecule has 3 aromatic rings. The molecule has 1 aliphatic rings. The van der Waals surface area contributed by atoms with E-state index in [1.54, 1.807) is 44.6 Å². The predicted molar refractivity (Wildman–Crippen MR) is 166 cm³/mol. The Morgan fingerprint density at radius 3 is 2.37 bits per heavy atom. The van der Waals surface area contributed by atoms with Crippen molar-refractivity contribution >= 4 is 23.5 Å². The Morgan fingerprint density at radius 2 is 1.67 bits per heavy atom. The van der Waals surface area contributed by atoms with E-state index in [2.05, 4.69) is 38.9 Å². The van der Waals surface area contributed by atoms with Gasteiger partial charge in [-0.25, -0.2) is 9.78 Å². The maximum atomic E-state index is 12.9. The van der Waals surface area contributed by atoms with Crippen LogP contribution >= 0.6 is 0 Å². The number of aromatic nitrogens is 2. The maximum Gasteiger partial charge on any atom is 0.420 e. The fraction of sp³-hybridized carbons (Fsp3) is 0.452. The number of amides is 1. The minimum atomic E-state index is -0.655. The molecule has 0 radical (unpaired) electrons. The Bertz CT molecular complexity index is 1350. The SMILES string of the molecule is COc1ccc(OC)c(OC(=O)N(C)c2ccnc(Nc3ccc(OCCCN4CCN(C(C)C)CC4)c(OC)c3)n2)c1. The number of benzene rings is 2. The van der Waals surface area contributed by atoms with Crippen LogP contribution in [0.15, 0.2) is 48.7 Å². The number of ether oxygens (including phenoxy) is 5. The number of methoxy groups -OCH3 is 3. The van der Waals surface area contributed by atoms with Crippen molar-refractivity contribution in [1.82, 2.24) is 19.8 Å². The zero-order valence-corrected chi connectivity index (χ0v) is 25.8. The van der Waals surface area contributed by atoms with Crippen LogP contribution in [0.3, 0.4) is 0 Å². The summed E-state index contributed by atoms with van der Waals surface area (Å²) in [6, 6.07) is 12.7. The molecule has 43 heavy (non-hydrogen) atoms. The zero-order chi connectivity index (χ0) is 30.8. The summed E-state index contributed by atoms with van der Waals surface area (Å²) in [5.74, 6) is 3.05. The number of nitrogens with zero attached hydrogens (tertiary/aromatic N) is 5. The second-order valence-corrected chi connectivity index (χ2v) is 10.3. The smallest absolute Gasteiger partial charge is 0.420 e. The first kappa shape index (κ1) is 31.6. The van der Waals surface area contributed by atoms with Crippen LogP contribution in [0.2, 0.25) is 0 Å². The monoisotopic (exact) mass is 594 g/mol. The lowest BCUT2D eigenvalue weighted by Crippen LogP contribution is -2.49. The van der Waals surface area contributed by atoms with Crippen LogP contribution < -0.4 is 33.9 Å². The van der Waals surface area contributed by atoms with Crippen LogP contribution in [0.1, 0.15) is 20.3 Å². The number of hydrogen-bond donors (Lipinski definition) is 1. The van der Waals surface area contributed by atoms with E-state index >= 15 is 0 Å². The number of piperazine rings is 1. The Labute approximate surface area is 253 Å². The van der Waals surface area contributed by atoms with Crippen molar-refractivity contribution in [1.29, 1.82) is 0 Å². The number of anilines is 3. The third-order valence-electron chi connectivity index (χ3n) is 7.26. The van der Waals surface area contributed by atoms with E-state index in [0.29, 0.717) is 53.1 Å². The van der Waals surface area contributed by atoms with Crippen molar-refractivity contribution in [2.75, 3.05) is 77.9 Å². The van der Waals surface area contributed by atoms with Crippen LogP contribution in [0.25, 0.3) is 0 Å². The summed E-state index contributed by atoms with van der Waals surface area (Å²) in [7, 11) is 6.19. The highest BCUT2D eigenvalue weighted by Crippen LogP contribution is 2.33. The molecule has 0 atom stereocenters. The maximum absolute atomic E-state index is 12.9. The van der Waals surface area contributed by atoms with Gasteiger partial charge in [-0.3, -0.25) is 9.80 Å². The summed E-state index contributed by atoms with van der Waals surface area (Å²) in [5.41, 5.74) is 0.704. The molecule has 0 aliphatic carbocycles. The molecule has 12 nitrogen and oxygen atoms in total. The Balaban J connectivity index is 1.32. The second-order valence-electron chi connectivity index (χ2n) is 10.3. The van der Waals surface area contributed by atoms with Gasteiger partial charge in [0.1, 0.15) is 11.6 Å². The summed E-state index contributed by atoms with van der Waals surface area (Å²) >= 11 is 0. The molecule has 1 fully saturated rings. The first-order chi connectivity index (χ1) is 20.8. The quantitative estimate of drug-likeness (QED) is 0.279. The van der Waals surface area contributed by atoms with E-state index in [4.69, 9.17) is 23.7 Å². The lowest BCUT2D eigenvalue weighted by molar-refractivity contribution is 0.104. The van der Waals surface area contributed by atoms with E-state index in [0.717, 1.165) is 39.1 Å². The van der Waals surface area contributed by atoms with Crippen LogP contribution in [0.5, 0.6) is 28.7 Å². The van der Waals surface area contributed by atoms with E-state index in [1.165, 1.54) is 19.1 Å².